The molecular formula is C13H17BrFeO2. The summed E-state index contributed by atoms with van der Waals surface area (Å²) in [5.41, 5.74) is 0. The van der Waals surface area contributed by atoms with E-state index in [1.54, 1.807) is 0 Å². The number of hydrogen-bond acceptors (Lipinski definition) is 2. The van der Waals surface area contributed by atoms with Gasteiger partial charge < -0.3 is 0 Å². The van der Waals surface area contributed by atoms with Gasteiger partial charge >= 0.3 is 88.3 Å². The zero-order valence-corrected chi connectivity index (χ0v) is 12.5. The Morgan fingerprint density at radius 3 is 1.47 bits per heavy atom. The van der Waals surface area contributed by atoms with E-state index in [-0.39, 0.29) is 0 Å². The Morgan fingerprint density at radius 2 is 1.41 bits per heavy atom. The van der Waals surface area contributed by atoms with Crippen molar-refractivity contribution in [1.82, 2.24) is 0 Å². The van der Waals surface area contributed by atoms with Crippen molar-refractivity contribution in [2.45, 2.75) is 59.9 Å². The predicted octanol–water partition coefficient (Wildman–Crippen LogP) is 4.72. The fourth-order valence-corrected chi connectivity index (χ4v) is 108. The monoisotopic (exact) mass is 340 g/mol. The van der Waals surface area contributed by atoms with Crippen LogP contribution in [0.5, 0.6) is 0 Å². The third-order valence-electron chi connectivity index (χ3n) is 15.6. The summed E-state index contributed by atoms with van der Waals surface area (Å²) < 4.78 is 1.97. The molecule has 0 bridgehead atoms. The Kier molecular flexibility index (Phi) is 0.267. The summed E-state index contributed by atoms with van der Waals surface area (Å²) in [7, 11) is 0. The number of alkyl halides is 1. The number of halogens is 1. The predicted molar refractivity (Wildman–Crippen MR) is 64.4 cm³/mol. The first kappa shape index (κ1) is 7.64. The van der Waals surface area contributed by atoms with E-state index in [4.69, 9.17) is 10.5 Å². The first-order chi connectivity index (χ1) is 7.88. The molecule has 2 nitrogen and oxygen atoms in total. The molecule has 4 heteroatoms. The molecule has 5 atom stereocenters. The van der Waals surface area contributed by atoms with Crippen LogP contribution in [-0.4, -0.2) is 13.7 Å². The molecule has 96 valence electrons. The van der Waals surface area contributed by atoms with Gasteiger partial charge in [0.1, 0.15) is 0 Å². The average Bonchev–Trinajstić information content (AvgIpc) is 3.25. The van der Waals surface area contributed by atoms with Crippen molar-refractivity contribution in [2.75, 3.05) is 0 Å². The number of hydrogen-bond donors (Lipinski definition) is 2. The maximum Gasteiger partial charge on any atom is -0.255 e. The topological polar surface area (TPSA) is 40.5 Å². The van der Waals surface area contributed by atoms with E-state index in [9.17, 15) is 0 Å². The van der Waals surface area contributed by atoms with Crippen LogP contribution in [0.3, 0.4) is 0 Å². The van der Waals surface area contributed by atoms with Crippen LogP contribution in [0, 0.1) is 5.92 Å². The molecule has 10 heterocycles. The fourth-order valence-electron chi connectivity index (χ4n) is 18.1. The van der Waals surface area contributed by atoms with Crippen LogP contribution in [0.2, 0.25) is 42.8 Å². The van der Waals surface area contributed by atoms with Crippen LogP contribution in [-0.2, 0) is 6.51 Å². The summed E-state index contributed by atoms with van der Waals surface area (Å²) in [5, 5.41) is 12.0. The molecule has 10 rings (SSSR count). The van der Waals surface area contributed by atoms with Gasteiger partial charge in [-0.15, -0.1) is 0 Å². The molecule has 0 amide bonds. The van der Waals surface area contributed by atoms with Crippen molar-refractivity contribution in [1.29, 1.82) is 0 Å². The SMILES string of the molecule is CC(C)[C]12[CH]3[CH]4[CH]5[C]1(Br)[Fe]45321678[CH]2[CH]1[CH]6[CH]7[CH]28.OO. The summed E-state index contributed by atoms with van der Waals surface area (Å²) in [6.07, 6.45) is 0. The molecule has 0 aliphatic carbocycles. The van der Waals surface area contributed by atoms with Gasteiger partial charge in [0.05, 0.1) is 0 Å². The summed E-state index contributed by atoms with van der Waals surface area (Å²) in [6.45, 7) is 2.36. The normalized spacial score (nSPS) is 123. The molecule has 2 N–H and O–H groups in total. The third kappa shape index (κ3) is 0.0688. The van der Waals surface area contributed by atoms with Gasteiger partial charge in [0.15, 0.2) is 0 Å². The van der Waals surface area contributed by atoms with Crippen molar-refractivity contribution in [3.63, 3.8) is 0 Å². The second-order valence-electron chi connectivity index (χ2n) is 10.9. The zero-order chi connectivity index (χ0) is 11.5. The number of fused-ring (bicyclic) bond motifs is 10. The van der Waals surface area contributed by atoms with Crippen molar-refractivity contribution in [2.24, 2.45) is 5.92 Å². The average molecular weight is 341 g/mol. The first-order valence-electron chi connectivity index (χ1n) is 6.98. The van der Waals surface area contributed by atoms with Gasteiger partial charge in [-0.05, 0) is 0 Å². The second kappa shape index (κ2) is 0.595. The molecular weight excluding hydrogens is 324 g/mol. The van der Waals surface area contributed by atoms with Crippen molar-refractivity contribution < 1.29 is 17.0 Å². The van der Waals surface area contributed by atoms with Crippen molar-refractivity contribution >= 4 is 15.9 Å². The zero-order valence-electron chi connectivity index (χ0n) is 9.82. The van der Waals surface area contributed by atoms with E-state index in [1.165, 1.54) is 38.5 Å². The summed E-state index contributed by atoms with van der Waals surface area (Å²) in [5.74, 6) is 1.06. The minimum atomic E-state index is -2.84. The van der Waals surface area contributed by atoms with E-state index >= 15 is 0 Å². The van der Waals surface area contributed by atoms with Crippen molar-refractivity contribution in [3.8, 4) is 0 Å². The molecule has 0 saturated carbocycles. The van der Waals surface area contributed by atoms with Crippen LogP contribution in [0.1, 0.15) is 13.8 Å². The Hall–Kier alpha value is 0.919. The molecule has 0 aromatic rings. The molecule has 0 radical (unpaired) electrons. The van der Waals surface area contributed by atoms with Gasteiger partial charge in [-0.3, -0.25) is 10.5 Å². The third-order valence-corrected chi connectivity index (χ3v) is 66.2. The van der Waals surface area contributed by atoms with Crippen molar-refractivity contribution in [3.05, 3.63) is 0 Å². The van der Waals surface area contributed by atoms with Crippen LogP contribution in [0.4, 0.5) is 0 Å². The van der Waals surface area contributed by atoms with E-state index in [0.29, 0.717) is 0 Å². The van der Waals surface area contributed by atoms with Gasteiger partial charge in [0.25, 0.3) is 0 Å². The second-order valence-corrected chi connectivity index (χ2v) is 36.1. The van der Waals surface area contributed by atoms with Crippen LogP contribution >= 0.6 is 15.9 Å². The molecule has 10 aliphatic rings. The maximum atomic E-state index is 6.00. The molecule has 0 aromatic carbocycles. The minimum absolute atomic E-state index is 0.924. The molecule has 1 spiro atoms. The summed E-state index contributed by atoms with van der Waals surface area (Å²) in [6, 6.07) is 0. The summed E-state index contributed by atoms with van der Waals surface area (Å²) >= 11 is 4.49. The Balaban J connectivity index is 0.000000302. The number of rotatable bonds is 1. The Bertz CT molecular complexity index is 926. The fraction of sp³-hybridized carbons (Fsp3) is 1.00. The van der Waals surface area contributed by atoms with E-state index in [1.807, 2.05) is 0 Å². The van der Waals surface area contributed by atoms with Gasteiger partial charge in [-0.1, -0.05) is 0 Å². The quantitative estimate of drug-likeness (QED) is 0.314. The molecule has 17 heavy (non-hydrogen) atoms. The first-order valence-corrected chi connectivity index (χ1v) is 14.0. The Labute approximate surface area is 98.5 Å². The van der Waals surface area contributed by atoms with Gasteiger partial charge in [-0.2, -0.15) is 0 Å². The Morgan fingerprint density at radius 1 is 0.941 bits per heavy atom. The molecule has 0 aromatic heterocycles. The van der Waals surface area contributed by atoms with Gasteiger partial charge in [0, 0.05) is 0 Å². The molecule has 10 saturated heterocycles. The van der Waals surface area contributed by atoms with E-state index < -0.39 is 6.51 Å². The van der Waals surface area contributed by atoms with Crippen LogP contribution in [0.25, 0.3) is 0 Å². The smallest absolute Gasteiger partial charge is 0.255 e. The summed E-state index contributed by atoms with van der Waals surface area (Å²) in [4.78, 5) is 11.7. The van der Waals surface area contributed by atoms with Gasteiger partial charge in [-0.25, -0.2) is 0 Å². The van der Waals surface area contributed by atoms with E-state index in [0.717, 1.165) is 13.5 Å². The maximum absolute atomic E-state index is 6.00. The molecule has 5 unspecified atom stereocenters. The standard InChI is InChI=1S/C8H10Br.C5H5.Fe.H2O2/c1-6(2)7-4-3-5-8(7)9;1-2-4-5-3-1;;1-2/h3-6H,1-2H3;1-5H;;1-2H. The minimum Gasteiger partial charge on any atom is -0.255 e. The van der Waals surface area contributed by atoms with Gasteiger partial charge in [0.2, 0.25) is 0 Å². The van der Waals surface area contributed by atoms with Crippen LogP contribution in [0.15, 0.2) is 0 Å². The largest absolute Gasteiger partial charge is 0.255 e. The van der Waals surface area contributed by atoms with E-state index in [2.05, 4.69) is 29.8 Å². The molecule has 10 fully saturated rings. The molecule has 10 aliphatic heterocycles. The van der Waals surface area contributed by atoms with Crippen LogP contribution < -0.4 is 0 Å².